The molecule has 0 unspecified atom stereocenters. The molecule has 1 heteroatoms. The Morgan fingerprint density at radius 2 is 1.33 bits per heavy atom. The zero-order valence-electron chi connectivity index (χ0n) is 4.80. The maximum Gasteiger partial charge on any atom is 0.0905 e. The standard InChI is InChI=1S/C4H6.C3H3N.CH4/c1-3-4-2;1-2-3-4;/h3-4H,1-2H2;2H,1H2;1H4. The maximum absolute atomic E-state index is 7.51. The molecular formula is C8H13N. The molecule has 0 saturated heterocycles. The predicted octanol–water partition coefficient (Wildman–Crippen LogP) is 2.69. The van der Waals surface area contributed by atoms with Crippen LogP contribution < -0.4 is 0 Å². The topological polar surface area (TPSA) is 23.8 Å². The fraction of sp³-hybridized carbons (Fsp3) is 0.125. The Bertz CT molecular complexity index is 100. The number of allylic oxidation sites excluding steroid dienone is 3. The van der Waals surface area contributed by atoms with E-state index < -0.39 is 0 Å². The molecule has 0 bridgehead atoms. The van der Waals surface area contributed by atoms with Crippen LogP contribution in [0.2, 0.25) is 0 Å². The van der Waals surface area contributed by atoms with Gasteiger partial charge in [-0.15, -0.1) is 0 Å². The molecule has 0 rings (SSSR count). The van der Waals surface area contributed by atoms with Crippen LogP contribution in [0, 0.1) is 11.3 Å². The van der Waals surface area contributed by atoms with Gasteiger partial charge in [0.2, 0.25) is 0 Å². The molecule has 9 heavy (non-hydrogen) atoms. The van der Waals surface area contributed by atoms with E-state index in [0.717, 1.165) is 0 Å². The molecule has 0 aliphatic heterocycles. The van der Waals surface area contributed by atoms with Crippen LogP contribution in [0.15, 0.2) is 38.0 Å². The van der Waals surface area contributed by atoms with Crippen LogP contribution in [-0.4, -0.2) is 0 Å². The summed E-state index contributed by atoms with van der Waals surface area (Å²) in [6.07, 6.45) is 4.46. The first-order chi connectivity index (χ1) is 3.83. The van der Waals surface area contributed by atoms with Crippen molar-refractivity contribution in [1.82, 2.24) is 0 Å². The summed E-state index contributed by atoms with van der Waals surface area (Å²) in [5.41, 5.74) is 0. The highest BCUT2D eigenvalue weighted by Crippen LogP contribution is 1.52. The molecule has 0 aromatic carbocycles. The summed E-state index contributed by atoms with van der Waals surface area (Å²) in [7, 11) is 0. The summed E-state index contributed by atoms with van der Waals surface area (Å²) in [6.45, 7) is 9.84. The third-order valence-electron chi connectivity index (χ3n) is 0.258. The molecule has 0 radical (unpaired) electrons. The molecule has 50 valence electrons. The van der Waals surface area contributed by atoms with Crippen molar-refractivity contribution in [3.05, 3.63) is 38.0 Å². The number of hydrogen-bond donors (Lipinski definition) is 0. The first-order valence-corrected chi connectivity index (χ1v) is 2.07. The second-order valence-electron chi connectivity index (χ2n) is 0.805. The Morgan fingerprint density at radius 1 is 1.11 bits per heavy atom. The minimum Gasteiger partial charge on any atom is -0.193 e. The fourth-order valence-corrected chi connectivity index (χ4v) is 0. The van der Waals surface area contributed by atoms with Gasteiger partial charge in [-0.1, -0.05) is 39.3 Å². The van der Waals surface area contributed by atoms with E-state index in [1.54, 1.807) is 18.2 Å². The van der Waals surface area contributed by atoms with Gasteiger partial charge in [-0.3, -0.25) is 0 Å². The van der Waals surface area contributed by atoms with Crippen molar-refractivity contribution in [2.45, 2.75) is 7.43 Å². The van der Waals surface area contributed by atoms with Crippen LogP contribution in [0.25, 0.3) is 0 Å². The first-order valence-electron chi connectivity index (χ1n) is 2.07. The second kappa shape index (κ2) is 29.8. The summed E-state index contributed by atoms with van der Waals surface area (Å²) in [6, 6.07) is 1.69. The Hall–Kier alpha value is -1.29. The molecule has 0 aromatic rings. The molecule has 0 spiro atoms. The van der Waals surface area contributed by atoms with Crippen molar-refractivity contribution in [3.8, 4) is 6.07 Å². The van der Waals surface area contributed by atoms with Crippen LogP contribution in [0.3, 0.4) is 0 Å². The third-order valence-corrected chi connectivity index (χ3v) is 0.258. The van der Waals surface area contributed by atoms with Gasteiger partial charge in [0.1, 0.15) is 0 Å². The summed E-state index contributed by atoms with van der Waals surface area (Å²) in [4.78, 5) is 0. The smallest absolute Gasteiger partial charge is 0.0905 e. The zero-order chi connectivity index (χ0) is 6.83. The molecule has 0 fully saturated rings. The highest BCUT2D eigenvalue weighted by molar-refractivity contribution is 4.93. The summed E-state index contributed by atoms with van der Waals surface area (Å²) in [5, 5.41) is 7.51. The third kappa shape index (κ3) is 295. The number of hydrogen-bond acceptors (Lipinski definition) is 1. The number of rotatable bonds is 1. The molecule has 0 heterocycles. The van der Waals surface area contributed by atoms with Gasteiger partial charge < -0.3 is 0 Å². The van der Waals surface area contributed by atoms with Crippen LogP contribution in [-0.2, 0) is 0 Å². The van der Waals surface area contributed by atoms with E-state index in [0.29, 0.717) is 0 Å². The number of nitriles is 1. The van der Waals surface area contributed by atoms with Crippen LogP contribution in [0.4, 0.5) is 0 Å². The van der Waals surface area contributed by atoms with E-state index in [1.807, 2.05) is 0 Å². The fourth-order valence-electron chi connectivity index (χ4n) is 0. The molecule has 0 atom stereocenters. The van der Waals surface area contributed by atoms with E-state index in [4.69, 9.17) is 5.26 Å². The predicted molar refractivity (Wildman–Crippen MR) is 42.9 cm³/mol. The van der Waals surface area contributed by atoms with Gasteiger partial charge in [0.25, 0.3) is 0 Å². The Kier molecular flexibility index (Phi) is 51.8. The quantitative estimate of drug-likeness (QED) is 0.388. The van der Waals surface area contributed by atoms with Crippen LogP contribution >= 0.6 is 0 Å². The largest absolute Gasteiger partial charge is 0.193 e. The van der Waals surface area contributed by atoms with Gasteiger partial charge in [0.15, 0.2) is 0 Å². The molecule has 0 aromatic heterocycles. The van der Waals surface area contributed by atoms with Crippen molar-refractivity contribution in [1.29, 1.82) is 5.26 Å². The molecule has 0 amide bonds. The maximum atomic E-state index is 7.51. The lowest BCUT2D eigenvalue weighted by atomic mass is 10.6. The normalized spacial score (nSPS) is 3.89. The lowest BCUT2D eigenvalue weighted by Crippen LogP contribution is -1.23. The summed E-state index contributed by atoms with van der Waals surface area (Å²) >= 11 is 0. The van der Waals surface area contributed by atoms with E-state index in [-0.39, 0.29) is 7.43 Å². The van der Waals surface area contributed by atoms with Gasteiger partial charge in [0.05, 0.1) is 6.07 Å². The van der Waals surface area contributed by atoms with Gasteiger partial charge in [-0.25, -0.2) is 0 Å². The molecular weight excluding hydrogens is 110 g/mol. The minimum absolute atomic E-state index is 0. The Labute approximate surface area is 57.6 Å². The molecule has 1 nitrogen and oxygen atoms in total. The SMILES string of the molecule is C.C=CC#N.C=CC=C. The van der Waals surface area contributed by atoms with Crippen LogP contribution in [0.5, 0.6) is 0 Å². The molecule has 0 saturated carbocycles. The van der Waals surface area contributed by atoms with Crippen molar-refractivity contribution in [2.24, 2.45) is 0 Å². The minimum atomic E-state index is 0. The average Bonchev–Trinajstić information content (AvgIpc) is 1.88. The molecule has 0 N–H and O–H groups in total. The van der Waals surface area contributed by atoms with Gasteiger partial charge in [-0.05, 0) is 0 Å². The Morgan fingerprint density at radius 3 is 1.33 bits per heavy atom. The Balaban J connectivity index is -0.0000000720. The monoisotopic (exact) mass is 123 g/mol. The van der Waals surface area contributed by atoms with Gasteiger partial charge in [0, 0.05) is 6.08 Å². The van der Waals surface area contributed by atoms with E-state index in [2.05, 4.69) is 19.7 Å². The zero-order valence-corrected chi connectivity index (χ0v) is 4.80. The van der Waals surface area contributed by atoms with Crippen molar-refractivity contribution >= 4 is 0 Å². The average molecular weight is 123 g/mol. The van der Waals surface area contributed by atoms with Crippen molar-refractivity contribution in [3.63, 3.8) is 0 Å². The lowest BCUT2D eigenvalue weighted by molar-refractivity contribution is 1.54. The first kappa shape index (κ1) is 15.6. The molecule has 0 aliphatic carbocycles. The summed E-state index contributed by atoms with van der Waals surface area (Å²) < 4.78 is 0. The van der Waals surface area contributed by atoms with Gasteiger partial charge in [-0.2, -0.15) is 5.26 Å². The highest BCUT2D eigenvalue weighted by Gasteiger charge is 1.34. The van der Waals surface area contributed by atoms with Crippen molar-refractivity contribution < 1.29 is 0 Å². The second-order valence-corrected chi connectivity index (χ2v) is 0.805. The lowest BCUT2D eigenvalue weighted by Gasteiger charge is -1.44. The van der Waals surface area contributed by atoms with E-state index in [9.17, 15) is 0 Å². The summed E-state index contributed by atoms with van der Waals surface area (Å²) in [5.74, 6) is 0. The highest BCUT2D eigenvalue weighted by atomic mass is 14.2. The van der Waals surface area contributed by atoms with E-state index in [1.165, 1.54) is 6.08 Å². The van der Waals surface area contributed by atoms with Gasteiger partial charge >= 0.3 is 0 Å². The molecule has 0 aliphatic rings. The van der Waals surface area contributed by atoms with E-state index >= 15 is 0 Å². The van der Waals surface area contributed by atoms with Crippen LogP contribution in [0.1, 0.15) is 7.43 Å². The number of nitrogens with zero attached hydrogens (tertiary/aromatic N) is 1. The van der Waals surface area contributed by atoms with Crippen molar-refractivity contribution in [2.75, 3.05) is 0 Å².